The maximum atomic E-state index is 5.50. The molecule has 3 aromatic rings. The summed E-state index contributed by atoms with van der Waals surface area (Å²) < 4.78 is 7.77. The molecule has 1 aromatic carbocycles. The zero-order valence-electron chi connectivity index (χ0n) is 14.4. The fourth-order valence-corrected chi connectivity index (χ4v) is 3.51. The number of aryl methyl sites for hydroxylation is 4. The Morgan fingerprint density at radius 2 is 2.25 bits per heavy atom. The Kier molecular flexibility index (Phi) is 4.10. The highest BCUT2D eigenvalue weighted by molar-refractivity contribution is 5.79. The van der Waals surface area contributed by atoms with Crippen LogP contribution in [-0.4, -0.2) is 32.7 Å². The van der Waals surface area contributed by atoms with Crippen LogP contribution in [0.25, 0.3) is 11.0 Å². The van der Waals surface area contributed by atoms with E-state index in [1.54, 1.807) is 0 Å². The van der Waals surface area contributed by atoms with Gasteiger partial charge in [0.25, 0.3) is 0 Å². The number of fused-ring (bicyclic) bond motifs is 1. The Hall–Kier alpha value is -2.14. The number of aromatic nitrogens is 4. The molecular weight excluding hydrogens is 300 g/mol. The number of H-pyrrole nitrogens is 1. The molecule has 1 aliphatic rings. The Bertz CT molecular complexity index is 842. The Morgan fingerprint density at radius 3 is 3.08 bits per heavy atom. The van der Waals surface area contributed by atoms with E-state index in [9.17, 15) is 0 Å². The average Bonchev–Trinajstić information content (AvgIpc) is 3.30. The molecule has 0 spiro atoms. The second kappa shape index (κ2) is 6.40. The predicted molar refractivity (Wildman–Crippen MR) is 94.3 cm³/mol. The molecule has 4 rings (SSSR count). The second-order valence-corrected chi connectivity index (χ2v) is 6.73. The summed E-state index contributed by atoms with van der Waals surface area (Å²) in [4.78, 5) is 12.8. The van der Waals surface area contributed by atoms with Crippen molar-refractivity contribution in [3.63, 3.8) is 0 Å². The minimum absolute atomic E-state index is 0.455. The van der Waals surface area contributed by atoms with Gasteiger partial charge in [-0.05, 0) is 43.9 Å². The van der Waals surface area contributed by atoms with Gasteiger partial charge in [-0.2, -0.15) is 0 Å². The van der Waals surface area contributed by atoms with Gasteiger partial charge < -0.3 is 14.3 Å². The molecule has 0 amide bonds. The molecule has 0 radical (unpaired) electrons. The van der Waals surface area contributed by atoms with Crippen molar-refractivity contribution < 1.29 is 4.74 Å². The number of imidazole rings is 2. The van der Waals surface area contributed by atoms with E-state index >= 15 is 0 Å². The van der Waals surface area contributed by atoms with Crippen LogP contribution in [0.4, 0.5) is 0 Å². The van der Waals surface area contributed by atoms with Crippen molar-refractivity contribution in [2.24, 2.45) is 0 Å². The molecule has 1 aliphatic heterocycles. The molecule has 5 nitrogen and oxygen atoms in total. The molecule has 5 heteroatoms. The highest BCUT2D eigenvalue weighted by Crippen LogP contribution is 2.24. The standard InChI is InChI=1S/C19H24N4O/c1-13-5-6-16-18(14(13)2)22-17(21-16)4-3-9-23-10-8-20-19(23)15-7-11-24-12-15/h5-6,8,10,15H,3-4,7,9,11-12H2,1-2H3,(H,21,22). The summed E-state index contributed by atoms with van der Waals surface area (Å²) in [5, 5.41) is 0. The molecule has 0 saturated carbocycles. The molecule has 3 heterocycles. The Balaban J connectivity index is 1.43. The van der Waals surface area contributed by atoms with E-state index < -0.39 is 0 Å². The van der Waals surface area contributed by atoms with Crippen LogP contribution in [0.3, 0.4) is 0 Å². The van der Waals surface area contributed by atoms with E-state index in [4.69, 9.17) is 9.72 Å². The smallest absolute Gasteiger partial charge is 0.114 e. The van der Waals surface area contributed by atoms with Gasteiger partial charge in [-0.25, -0.2) is 9.97 Å². The first-order chi connectivity index (χ1) is 11.7. The van der Waals surface area contributed by atoms with Crippen LogP contribution < -0.4 is 0 Å². The Morgan fingerprint density at radius 1 is 1.33 bits per heavy atom. The number of ether oxygens (including phenoxy) is 1. The second-order valence-electron chi connectivity index (χ2n) is 6.73. The van der Waals surface area contributed by atoms with Crippen LogP contribution in [0.15, 0.2) is 24.5 Å². The van der Waals surface area contributed by atoms with Crippen LogP contribution in [0.5, 0.6) is 0 Å². The molecule has 2 aromatic heterocycles. The van der Waals surface area contributed by atoms with E-state index in [1.807, 2.05) is 6.20 Å². The van der Waals surface area contributed by atoms with Crippen molar-refractivity contribution in [2.75, 3.05) is 13.2 Å². The fraction of sp³-hybridized carbons (Fsp3) is 0.474. The number of benzene rings is 1. The van der Waals surface area contributed by atoms with Crippen LogP contribution in [-0.2, 0) is 17.7 Å². The molecule has 24 heavy (non-hydrogen) atoms. The Labute approximate surface area is 142 Å². The van der Waals surface area contributed by atoms with E-state index in [1.165, 1.54) is 17.0 Å². The number of hydrogen-bond acceptors (Lipinski definition) is 3. The van der Waals surface area contributed by atoms with Crippen molar-refractivity contribution in [1.82, 2.24) is 19.5 Å². The quantitative estimate of drug-likeness (QED) is 0.781. The number of aromatic amines is 1. The van der Waals surface area contributed by atoms with Gasteiger partial charge in [0.15, 0.2) is 0 Å². The lowest BCUT2D eigenvalue weighted by atomic mass is 10.1. The summed E-state index contributed by atoms with van der Waals surface area (Å²) in [6.07, 6.45) is 7.07. The normalized spacial score (nSPS) is 17.8. The predicted octanol–water partition coefficient (Wildman–Crippen LogP) is 3.51. The summed E-state index contributed by atoms with van der Waals surface area (Å²) in [6, 6.07) is 4.28. The summed E-state index contributed by atoms with van der Waals surface area (Å²) in [5.41, 5.74) is 4.81. The minimum atomic E-state index is 0.455. The van der Waals surface area contributed by atoms with Gasteiger partial charge in [0, 0.05) is 37.9 Å². The third-order valence-electron chi connectivity index (χ3n) is 5.08. The molecule has 0 aliphatic carbocycles. The lowest BCUT2D eigenvalue weighted by molar-refractivity contribution is 0.192. The summed E-state index contributed by atoms with van der Waals surface area (Å²) in [7, 11) is 0. The number of rotatable bonds is 5. The lowest BCUT2D eigenvalue weighted by Gasteiger charge is -2.11. The average molecular weight is 324 g/mol. The first-order valence-corrected chi connectivity index (χ1v) is 8.76. The topological polar surface area (TPSA) is 55.7 Å². The van der Waals surface area contributed by atoms with Gasteiger partial charge in [-0.15, -0.1) is 0 Å². The third kappa shape index (κ3) is 2.84. The monoisotopic (exact) mass is 324 g/mol. The largest absolute Gasteiger partial charge is 0.381 e. The van der Waals surface area contributed by atoms with Gasteiger partial charge in [0.2, 0.25) is 0 Å². The lowest BCUT2D eigenvalue weighted by Crippen LogP contribution is -2.09. The van der Waals surface area contributed by atoms with E-state index in [-0.39, 0.29) is 0 Å². The first-order valence-electron chi connectivity index (χ1n) is 8.76. The molecule has 126 valence electrons. The zero-order valence-corrected chi connectivity index (χ0v) is 14.4. The van der Waals surface area contributed by atoms with Crippen LogP contribution in [0, 0.1) is 13.8 Å². The minimum Gasteiger partial charge on any atom is -0.381 e. The summed E-state index contributed by atoms with van der Waals surface area (Å²) in [6.45, 7) is 6.91. The highest BCUT2D eigenvalue weighted by Gasteiger charge is 2.21. The zero-order chi connectivity index (χ0) is 16.5. The van der Waals surface area contributed by atoms with Gasteiger partial charge >= 0.3 is 0 Å². The van der Waals surface area contributed by atoms with E-state index in [0.29, 0.717) is 5.92 Å². The maximum Gasteiger partial charge on any atom is 0.114 e. The van der Waals surface area contributed by atoms with Crippen molar-refractivity contribution in [3.05, 3.63) is 47.3 Å². The van der Waals surface area contributed by atoms with Gasteiger partial charge in [0.1, 0.15) is 11.6 Å². The first kappa shape index (κ1) is 15.4. The van der Waals surface area contributed by atoms with Gasteiger partial charge in [0.05, 0.1) is 17.6 Å². The van der Waals surface area contributed by atoms with Crippen molar-refractivity contribution >= 4 is 11.0 Å². The highest BCUT2D eigenvalue weighted by atomic mass is 16.5. The molecule has 1 atom stereocenters. The SMILES string of the molecule is Cc1ccc2[nH]c(CCCn3ccnc3C3CCOC3)nc2c1C. The molecular formula is C19H24N4O. The van der Waals surface area contributed by atoms with E-state index in [0.717, 1.165) is 55.9 Å². The molecule has 1 saturated heterocycles. The van der Waals surface area contributed by atoms with Crippen molar-refractivity contribution in [3.8, 4) is 0 Å². The van der Waals surface area contributed by atoms with Crippen LogP contribution >= 0.6 is 0 Å². The molecule has 1 unspecified atom stereocenters. The van der Waals surface area contributed by atoms with Crippen LogP contribution in [0.2, 0.25) is 0 Å². The van der Waals surface area contributed by atoms with Gasteiger partial charge in [-0.3, -0.25) is 0 Å². The molecule has 1 fully saturated rings. The summed E-state index contributed by atoms with van der Waals surface area (Å²) in [5.74, 6) is 2.70. The number of nitrogens with one attached hydrogen (secondary N) is 1. The fourth-order valence-electron chi connectivity index (χ4n) is 3.51. The summed E-state index contributed by atoms with van der Waals surface area (Å²) >= 11 is 0. The van der Waals surface area contributed by atoms with E-state index in [2.05, 4.69) is 46.7 Å². The maximum absolute atomic E-state index is 5.50. The molecule has 1 N–H and O–H groups in total. The molecule has 0 bridgehead atoms. The van der Waals surface area contributed by atoms with Crippen LogP contribution in [0.1, 0.15) is 41.5 Å². The van der Waals surface area contributed by atoms with Gasteiger partial charge in [-0.1, -0.05) is 6.07 Å². The van der Waals surface area contributed by atoms with Crippen molar-refractivity contribution in [1.29, 1.82) is 0 Å². The number of nitrogens with zero attached hydrogens (tertiary/aromatic N) is 3. The third-order valence-corrected chi connectivity index (χ3v) is 5.08. The number of hydrogen-bond donors (Lipinski definition) is 1. The van der Waals surface area contributed by atoms with Crippen molar-refractivity contribution in [2.45, 2.75) is 45.6 Å².